The molecule has 0 bridgehead atoms. The van der Waals surface area contributed by atoms with Crippen LogP contribution >= 0.6 is 0 Å². The molecular formula is C18H25N3O2. The van der Waals surface area contributed by atoms with Gasteiger partial charge < -0.3 is 15.5 Å². The van der Waals surface area contributed by atoms with Crippen molar-refractivity contribution in [2.24, 2.45) is 11.7 Å². The van der Waals surface area contributed by atoms with E-state index < -0.39 is 5.91 Å². The van der Waals surface area contributed by atoms with Gasteiger partial charge in [0.2, 0.25) is 5.91 Å². The molecular weight excluding hydrogens is 290 g/mol. The number of hydrogen-bond donors (Lipinski definition) is 1. The number of rotatable bonds is 4. The number of nitrogens with zero attached hydrogens (tertiary/aromatic N) is 2. The third-order valence-corrected chi connectivity index (χ3v) is 4.92. The van der Waals surface area contributed by atoms with E-state index in [9.17, 15) is 9.59 Å². The number of carbonyl (C=O) groups excluding carboxylic acids is 2. The molecule has 5 nitrogen and oxygen atoms in total. The lowest BCUT2D eigenvalue weighted by atomic mass is 10.0. The third kappa shape index (κ3) is 3.72. The average Bonchev–Trinajstić information content (AvgIpc) is 3.34. The van der Waals surface area contributed by atoms with Crippen molar-refractivity contribution in [2.45, 2.75) is 26.2 Å². The van der Waals surface area contributed by atoms with Crippen LogP contribution in [0.3, 0.4) is 0 Å². The first-order chi connectivity index (χ1) is 11.1. The molecule has 1 aliphatic carbocycles. The molecule has 5 heteroatoms. The summed E-state index contributed by atoms with van der Waals surface area (Å²) in [7, 11) is 0. The zero-order chi connectivity index (χ0) is 16.4. The summed E-state index contributed by atoms with van der Waals surface area (Å²) in [6, 6.07) is 5.20. The molecule has 1 aliphatic heterocycles. The molecule has 0 spiro atoms. The second kappa shape index (κ2) is 6.71. The Morgan fingerprint density at radius 3 is 2.57 bits per heavy atom. The lowest BCUT2D eigenvalue weighted by Crippen LogP contribution is -2.36. The fraction of sp³-hybridized carbons (Fsp3) is 0.556. The predicted molar refractivity (Wildman–Crippen MR) is 89.4 cm³/mol. The number of nitrogens with two attached hydrogens (primary N) is 1. The van der Waals surface area contributed by atoms with E-state index in [-0.39, 0.29) is 5.91 Å². The van der Waals surface area contributed by atoms with Crippen LogP contribution in [-0.4, -0.2) is 54.3 Å². The van der Waals surface area contributed by atoms with E-state index in [1.165, 1.54) is 19.4 Å². The SMILES string of the molecule is Cc1c(C(N)=O)cccc1C(=O)N1CCCN(CC2CC2)CC1. The van der Waals surface area contributed by atoms with Crippen molar-refractivity contribution in [1.82, 2.24) is 9.80 Å². The van der Waals surface area contributed by atoms with Gasteiger partial charge >= 0.3 is 0 Å². The van der Waals surface area contributed by atoms with Crippen LogP contribution < -0.4 is 5.73 Å². The first-order valence-corrected chi connectivity index (χ1v) is 8.47. The van der Waals surface area contributed by atoms with Crippen molar-refractivity contribution in [3.05, 3.63) is 34.9 Å². The fourth-order valence-electron chi connectivity index (χ4n) is 3.33. The van der Waals surface area contributed by atoms with Gasteiger partial charge in [0, 0.05) is 37.3 Å². The molecule has 0 unspecified atom stereocenters. The quantitative estimate of drug-likeness (QED) is 0.919. The predicted octanol–water partition coefficient (Wildman–Crippen LogP) is 1.65. The van der Waals surface area contributed by atoms with Crippen LogP contribution in [0.15, 0.2) is 18.2 Å². The lowest BCUT2D eigenvalue weighted by molar-refractivity contribution is 0.0760. The minimum Gasteiger partial charge on any atom is -0.366 e. The molecule has 1 heterocycles. The summed E-state index contributed by atoms with van der Waals surface area (Å²) in [6.07, 6.45) is 3.73. The Balaban J connectivity index is 1.70. The molecule has 2 fully saturated rings. The highest BCUT2D eigenvalue weighted by atomic mass is 16.2. The number of primary amides is 1. The van der Waals surface area contributed by atoms with E-state index in [4.69, 9.17) is 5.73 Å². The molecule has 124 valence electrons. The Hall–Kier alpha value is -1.88. The minimum absolute atomic E-state index is 0.0128. The molecule has 1 aromatic rings. The smallest absolute Gasteiger partial charge is 0.254 e. The van der Waals surface area contributed by atoms with Crippen LogP contribution in [0.1, 0.15) is 45.5 Å². The molecule has 2 amide bonds. The van der Waals surface area contributed by atoms with Crippen molar-refractivity contribution in [2.75, 3.05) is 32.7 Å². The van der Waals surface area contributed by atoms with Gasteiger partial charge in [-0.25, -0.2) is 0 Å². The van der Waals surface area contributed by atoms with E-state index >= 15 is 0 Å². The Bertz CT molecular complexity index is 610. The van der Waals surface area contributed by atoms with Crippen molar-refractivity contribution in [1.29, 1.82) is 0 Å². The maximum Gasteiger partial charge on any atom is 0.254 e. The molecule has 1 aromatic carbocycles. The van der Waals surface area contributed by atoms with Crippen LogP contribution in [0.2, 0.25) is 0 Å². The second-order valence-corrected chi connectivity index (χ2v) is 6.73. The summed E-state index contributed by atoms with van der Waals surface area (Å²) in [5.41, 5.74) is 7.10. The molecule has 1 saturated heterocycles. The number of amides is 2. The van der Waals surface area contributed by atoms with E-state index in [1.54, 1.807) is 25.1 Å². The molecule has 3 rings (SSSR count). The van der Waals surface area contributed by atoms with Crippen molar-refractivity contribution >= 4 is 11.8 Å². The first kappa shape index (κ1) is 16.0. The van der Waals surface area contributed by atoms with Crippen LogP contribution in [-0.2, 0) is 0 Å². The summed E-state index contributed by atoms with van der Waals surface area (Å²) in [4.78, 5) is 28.7. The molecule has 2 aliphatic rings. The normalized spacial score (nSPS) is 19.4. The average molecular weight is 315 g/mol. The maximum atomic E-state index is 12.8. The molecule has 1 saturated carbocycles. The minimum atomic E-state index is -0.483. The van der Waals surface area contributed by atoms with E-state index in [0.717, 1.165) is 38.5 Å². The largest absolute Gasteiger partial charge is 0.366 e. The maximum absolute atomic E-state index is 12.8. The number of benzene rings is 1. The highest BCUT2D eigenvalue weighted by Gasteiger charge is 2.27. The van der Waals surface area contributed by atoms with Gasteiger partial charge in [0.1, 0.15) is 0 Å². The second-order valence-electron chi connectivity index (χ2n) is 6.73. The Morgan fingerprint density at radius 2 is 1.87 bits per heavy atom. The molecule has 0 atom stereocenters. The Labute approximate surface area is 137 Å². The van der Waals surface area contributed by atoms with Gasteiger partial charge in [-0.05, 0) is 56.3 Å². The van der Waals surface area contributed by atoms with E-state index in [1.807, 2.05) is 4.90 Å². The zero-order valence-electron chi connectivity index (χ0n) is 13.8. The van der Waals surface area contributed by atoms with Gasteiger partial charge in [-0.1, -0.05) is 6.07 Å². The van der Waals surface area contributed by atoms with Crippen LogP contribution in [0.4, 0.5) is 0 Å². The Kier molecular flexibility index (Phi) is 4.66. The Morgan fingerprint density at radius 1 is 1.13 bits per heavy atom. The van der Waals surface area contributed by atoms with Gasteiger partial charge in [0.25, 0.3) is 5.91 Å². The standard InChI is InChI=1S/C18H25N3O2/c1-13-15(17(19)22)4-2-5-16(13)18(23)21-9-3-8-20(10-11-21)12-14-6-7-14/h2,4-5,14H,3,6-12H2,1H3,(H2,19,22). The molecule has 0 radical (unpaired) electrons. The highest BCUT2D eigenvalue weighted by Crippen LogP contribution is 2.30. The lowest BCUT2D eigenvalue weighted by Gasteiger charge is -2.23. The van der Waals surface area contributed by atoms with Gasteiger partial charge in [-0.15, -0.1) is 0 Å². The molecule has 2 N–H and O–H groups in total. The highest BCUT2D eigenvalue weighted by molar-refractivity contribution is 6.01. The first-order valence-electron chi connectivity index (χ1n) is 8.47. The van der Waals surface area contributed by atoms with Gasteiger partial charge in [0.05, 0.1) is 0 Å². The summed E-state index contributed by atoms with van der Waals surface area (Å²) in [6.45, 7) is 6.52. The molecule has 0 aromatic heterocycles. The van der Waals surface area contributed by atoms with E-state index in [0.29, 0.717) is 16.7 Å². The zero-order valence-corrected chi connectivity index (χ0v) is 13.8. The fourth-order valence-corrected chi connectivity index (χ4v) is 3.33. The molecule has 23 heavy (non-hydrogen) atoms. The monoisotopic (exact) mass is 315 g/mol. The van der Waals surface area contributed by atoms with Crippen LogP contribution in [0.25, 0.3) is 0 Å². The topological polar surface area (TPSA) is 66.6 Å². The third-order valence-electron chi connectivity index (χ3n) is 4.92. The number of carbonyl (C=O) groups is 2. The van der Waals surface area contributed by atoms with Gasteiger partial charge in [-0.3, -0.25) is 9.59 Å². The van der Waals surface area contributed by atoms with E-state index in [2.05, 4.69) is 4.90 Å². The van der Waals surface area contributed by atoms with Crippen molar-refractivity contribution in [3.8, 4) is 0 Å². The summed E-state index contributed by atoms with van der Waals surface area (Å²) in [5, 5.41) is 0. The summed E-state index contributed by atoms with van der Waals surface area (Å²) in [5.74, 6) is 0.411. The summed E-state index contributed by atoms with van der Waals surface area (Å²) >= 11 is 0. The van der Waals surface area contributed by atoms with Gasteiger partial charge in [0.15, 0.2) is 0 Å². The number of hydrogen-bond acceptors (Lipinski definition) is 3. The summed E-state index contributed by atoms with van der Waals surface area (Å²) < 4.78 is 0. The van der Waals surface area contributed by atoms with Crippen LogP contribution in [0, 0.1) is 12.8 Å². The van der Waals surface area contributed by atoms with Crippen LogP contribution in [0.5, 0.6) is 0 Å². The van der Waals surface area contributed by atoms with Gasteiger partial charge in [-0.2, -0.15) is 0 Å². The van der Waals surface area contributed by atoms with Crippen molar-refractivity contribution < 1.29 is 9.59 Å². The van der Waals surface area contributed by atoms with Crippen molar-refractivity contribution in [3.63, 3.8) is 0 Å².